The van der Waals surface area contributed by atoms with Crippen molar-refractivity contribution in [1.29, 1.82) is 0 Å². The molecule has 1 aromatic carbocycles. The molecule has 1 aliphatic carbocycles. The van der Waals surface area contributed by atoms with Crippen LogP contribution in [0.5, 0.6) is 0 Å². The lowest BCUT2D eigenvalue weighted by atomic mass is 10.1. The van der Waals surface area contributed by atoms with Gasteiger partial charge in [0.25, 0.3) is 5.69 Å². The molecule has 0 radical (unpaired) electrons. The Kier molecular flexibility index (Phi) is 3.24. The van der Waals surface area contributed by atoms with E-state index < -0.39 is 4.92 Å². The first-order valence-corrected chi connectivity index (χ1v) is 6.08. The molecule has 1 saturated carbocycles. The Balaban J connectivity index is 2.22. The summed E-state index contributed by atoms with van der Waals surface area (Å²) in [5.74, 6) is 0.725. The summed E-state index contributed by atoms with van der Waals surface area (Å²) in [6.45, 7) is 3.98. The summed E-state index contributed by atoms with van der Waals surface area (Å²) in [7, 11) is 0. The lowest BCUT2D eigenvalue weighted by molar-refractivity contribution is -0.384. The second-order valence-corrected chi connectivity index (χ2v) is 5.05. The number of hydrogen-bond donors (Lipinski definition) is 1. The van der Waals surface area contributed by atoms with Crippen LogP contribution in [0.2, 0.25) is 5.02 Å². The molecule has 17 heavy (non-hydrogen) atoms. The van der Waals surface area contributed by atoms with Crippen LogP contribution < -0.4 is 5.32 Å². The summed E-state index contributed by atoms with van der Waals surface area (Å²) >= 11 is 5.89. The van der Waals surface area contributed by atoms with Gasteiger partial charge < -0.3 is 5.32 Å². The maximum Gasteiger partial charge on any atom is 0.288 e. The second-order valence-electron chi connectivity index (χ2n) is 4.65. The molecule has 0 heterocycles. The monoisotopic (exact) mass is 254 g/mol. The molecule has 0 saturated heterocycles. The highest BCUT2D eigenvalue weighted by Crippen LogP contribution is 2.36. The quantitative estimate of drug-likeness (QED) is 0.657. The SMILES string of the molecule is Cc1cc([N+](=O)[O-])c(Cl)cc1NC(C)C1CC1. The van der Waals surface area contributed by atoms with Gasteiger partial charge in [-0.15, -0.1) is 0 Å². The number of nitrogens with one attached hydrogen (secondary N) is 1. The Morgan fingerprint density at radius 1 is 1.53 bits per heavy atom. The third-order valence-electron chi connectivity index (χ3n) is 3.20. The predicted octanol–water partition coefficient (Wildman–Crippen LogP) is 3.77. The predicted molar refractivity (Wildman–Crippen MR) is 68.7 cm³/mol. The van der Waals surface area contributed by atoms with Gasteiger partial charge in [-0.2, -0.15) is 0 Å². The fourth-order valence-corrected chi connectivity index (χ4v) is 2.15. The van der Waals surface area contributed by atoms with Gasteiger partial charge in [-0.1, -0.05) is 11.6 Å². The zero-order chi connectivity index (χ0) is 12.6. The van der Waals surface area contributed by atoms with Crippen LogP contribution in [-0.4, -0.2) is 11.0 Å². The van der Waals surface area contributed by atoms with E-state index in [0.717, 1.165) is 17.2 Å². The van der Waals surface area contributed by atoms with Gasteiger partial charge in [0.1, 0.15) is 5.02 Å². The summed E-state index contributed by atoms with van der Waals surface area (Å²) < 4.78 is 0. The van der Waals surface area contributed by atoms with Crippen molar-refractivity contribution in [2.45, 2.75) is 32.7 Å². The van der Waals surface area contributed by atoms with Crippen molar-refractivity contribution in [1.82, 2.24) is 0 Å². The molecule has 1 aromatic rings. The van der Waals surface area contributed by atoms with Gasteiger partial charge in [0.15, 0.2) is 0 Å². The van der Waals surface area contributed by atoms with Gasteiger partial charge >= 0.3 is 0 Å². The number of nitrogens with zero attached hydrogens (tertiary/aromatic N) is 1. The highest BCUT2D eigenvalue weighted by molar-refractivity contribution is 6.33. The molecule has 0 aromatic heterocycles. The summed E-state index contributed by atoms with van der Waals surface area (Å²) in [5, 5.41) is 14.3. The van der Waals surface area contributed by atoms with Gasteiger partial charge in [-0.05, 0) is 44.2 Å². The topological polar surface area (TPSA) is 55.2 Å². The van der Waals surface area contributed by atoms with Crippen molar-refractivity contribution in [3.05, 3.63) is 32.8 Å². The number of benzene rings is 1. The van der Waals surface area contributed by atoms with E-state index in [1.807, 2.05) is 6.92 Å². The maximum absolute atomic E-state index is 10.7. The van der Waals surface area contributed by atoms with E-state index in [0.29, 0.717) is 6.04 Å². The minimum absolute atomic E-state index is 0.0335. The molecular weight excluding hydrogens is 240 g/mol. The molecule has 0 aliphatic heterocycles. The Morgan fingerprint density at radius 2 is 2.18 bits per heavy atom. The first-order chi connectivity index (χ1) is 7.99. The number of nitro benzene ring substituents is 1. The van der Waals surface area contributed by atoms with E-state index in [4.69, 9.17) is 11.6 Å². The molecule has 0 bridgehead atoms. The van der Waals surface area contributed by atoms with E-state index in [1.165, 1.54) is 18.9 Å². The first-order valence-electron chi connectivity index (χ1n) is 5.70. The number of hydrogen-bond acceptors (Lipinski definition) is 3. The Labute approximate surface area is 105 Å². The number of anilines is 1. The number of rotatable bonds is 4. The molecule has 1 fully saturated rings. The smallest absolute Gasteiger partial charge is 0.288 e. The van der Waals surface area contributed by atoms with Gasteiger partial charge in [-0.25, -0.2) is 0 Å². The first kappa shape index (κ1) is 12.2. The van der Waals surface area contributed by atoms with Gasteiger partial charge in [0.05, 0.1) is 4.92 Å². The third kappa shape index (κ3) is 2.69. The minimum Gasteiger partial charge on any atom is -0.382 e. The van der Waals surface area contributed by atoms with Crippen LogP contribution in [0.25, 0.3) is 0 Å². The van der Waals surface area contributed by atoms with Crippen molar-refractivity contribution >= 4 is 23.0 Å². The third-order valence-corrected chi connectivity index (χ3v) is 3.51. The number of halogens is 1. The summed E-state index contributed by atoms with van der Waals surface area (Å²) in [6.07, 6.45) is 2.52. The van der Waals surface area contributed by atoms with Crippen molar-refractivity contribution in [2.24, 2.45) is 5.92 Å². The van der Waals surface area contributed by atoms with Crippen LogP contribution >= 0.6 is 11.6 Å². The lowest BCUT2D eigenvalue weighted by Gasteiger charge is -2.16. The minimum atomic E-state index is -0.455. The second kappa shape index (κ2) is 4.53. The van der Waals surface area contributed by atoms with Crippen LogP contribution in [0.4, 0.5) is 11.4 Å². The molecule has 4 nitrogen and oxygen atoms in total. The zero-order valence-corrected chi connectivity index (χ0v) is 10.6. The normalized spacial score (nSPS) is 16.6. The maximum atomic E-state index is 10.7. The van der Waals surface area contributed by atoms with Crippen LogP contribution in [0.1, 0.15) is 25.3 Å². The van der Waals surface area contributed by atoms with Crippen LogP contribution in [-0.2, 0) is 0 Å². The summed E-state index contributed by atoms with van der Waals surface area (Å²) in [6, 6.07) is 3.56. The fourth-order valence-electron chi connectivity index (χ4n) is 1.92. The molecule has 0 spiro atoms. The van der Waals surface area contributed by atoms with Crippen LogP contribution in [0, 0.1) is 23.0 Å². The molecule has 1 N–H and O–H groups in total. The van der Waals surface area contributed by atoms with E-state index in [2.05, 4.69) is 12.2 Å². The van der Waals surface area contributed by atoms with Crippen LogP contribution in [0.15, 0.2) is 12.1 Å². The largest absolute Gasteiger partial charge is 0.382 e. The summed E-state index contributed by atoms with van der Waals surface area (Å²) in [5.41, 5.74) is 1.71. The van der Waals surface area contributed by atoms with Gasteiger partial charge in [0, 0.05) is 17.8 Å². The zero-order valence-electron chi connectivity index (χ0n) is 9.87. The molecule has 1 atom stereocenters. The average Bonchev–Trinajstić information content (AvgIpc) is 3.05. The van der Waals surface area contributed by atoms with E-state index >= 15 is 0 Å². The highest BCUT2D eigenvalue weighted by atomic mass is 35.5. The molecule has 1 unspecified atom stereocenters. The Bertz CT molecular complexity index is 458. The standard InChI is InChI=1S/C12H15ClN2O2/c1-7-5-12(15(16)17)10(13)6-11(7)14-8(2)9-3-4-9/h5-6,8-9,14H,3-4H2,1-2H3. The Hall–Kier alpha value is -1.29. The van der Waals surface area contributed by atoms with Crippen molar-refractivity contribution in [2.75, 3.05) is 5.32 Å². The molecule has 92 valence electrons. The van der Waals surface area contributed by atoms with E-state index in [1.54, 1.807) is 6.07 Å². The number of nitro groups is 1. The van der Waals surface area contributed by atoms with Crippen molar-refractivity contribution < 1.29 is 4.92 Å². The molecular formula is C12H15ClN2O2. The van der Waals surface area contributed by atoms with Crippen molar-refractivity contribution in [3.63, 3.8) is 0 Å². The van der Waals surface area contributed by atoms with E-state index in [-0.39, 0.29) is 10.7 Å². The lowest BCUT2D eigenvalue weighted by Crippen LogP contribution is -2.17. The molecule has 1 aliphatic rings. The Morgan fingerprint density at radius 3 is 2.71 bits per heavy atom. The van der Waals surface area contributed by atoms with Crippen LogP contribution in [0.3, 0.4) is 0 Å². The fraction of sp³-hybridized carbons (Fsp3) is 0.500. The molecule has 0 amide bonds. The van der Waals surface area contributed by atoms with Crippen molar-refractivity contribution in [3.8, 4) is 0 Å². The molecule has 5 heteroatoms. The van der Waals surface area contributed by atoms with E-state index in [9.17, 15) is 10.1 Å². The molecule has 2 rings (SSSR count). The highest BCUT2D eigenvalue weighted by Gasteiger charge is 2.28. The number of aryl methyl sites for hydroxylation is 1. The summed E-state index contributed by atoms with van der Waals surface area (Å²) in [4.78, 5) is 10.3. The van der Waals surface area contributed by atoms with Gasteiger partial charge in [0.2, 0.25) is 0 Å². The van der Waals surface area contributed by atoms with Gasteiger partial charge in [-0.3, -0.25) is 10.1 Å². The average molecular weight is 255 g/mol.